The molecule has 0 unspecified atom stereocenters. The van der Waals surface area contributed by atoms with Crippen LogP contribution >= 0.6 is 11.6 Å². The summed E-state index contributed by atoms with van der Waals surface area (Å²) in [6, 6.07) is 11.6. The molecule has 7 heteroatoms. The first-order valence-corrected chi connectivity index (χ1v) is 8.24. The van der Waals surface area contributed by atoms with Gasteiger partial charge in [-0.3, -0.25) is 4.79 Å². The van der Waals surface area contributed by atoms with Crippen molar-refractivity contribution in [3.8, 4) is 11.5 Å². The zero-order valence-electron chi connectivity index (χ0n) is 14.7. The Labute approximate surface area is 156 Å². The predicted molar refractivity (Wildman–Crippen MR) is 98.0 cm³/mol. The summed E-state index contributed by atoms with van der Waals surface area (Å²) in [5.74, 6) is -0.489. The molecule has 0 saturated heterocycles. The number of amides is 1. The Balaban J connectivity index is 2.01. The van der Waals surface area contributed by atoms with Crippen molar-refractivity contribution in [3.63, 3.8) is 0 Å². The van der Waals surface area contributed by atoms with Crippen molar-refractivity contribution in [3.05, 3.63) is 58.6 Å². The van der Waals surface area contributed by atoms with Gasteiger partial charge in [-0.05, 0) is 49.7 Å². The Bertz CT molecular complexity index is 802. The summed E-state index contributed by atoms with van der Waals surface area (Å²) in [5.41, 5.74) is -0.137. The molecule has 0 aliphatic carbocycles. The van der Waals surface area contributed by atoms with E-state index in [1.54, 1.807) is 42.5 Å². The zero-order chi connectivity index (χ0) is 19.3. The van der Waals surface area contributed by atoms with E-state index in [1.165, 1.54) is 21.0 Å². The lowest BCUT2D eigenvalue weighted by molar-refractivity contribution is -0.152. The number of carboxylic acids is 1. The quantitative estimate of drug-likeness (QED) is 0.771. The fraction of sp³-hybridized carbons (Fsp3) is 0.263. The van der Waals surface area contributed by atoms with Crippen LogP contribution in [0.15, 0.2) is 42.5 Å². The Morgan fingerprint density at radius 3 is 2.38 bits per heavy atom. The van der Waals surface area contributed by atoms with Crippen molar-refractivity contribution >= 4 is 23.5 Å². The van der Waals surface area contributed by atoms with Crippen molar-refractivity contribution in [2.24, 2.45) is 0 Å². The molecule has 2 aromatic carbocycles. The minimum absolute atomic E-state index is 0.289. The largest absolute Gasteiger partial charge is 0.496 e. The molecule has 0 saturated carbocycles. The van der Waals surface area contributed by atoms with E-state index in [9.17, 15) is 9.59 Å². The van der Waals surface area contributed by atoms with Crippen LogP contribution in [0.2, 0.25) is 5.02 Å². The number of nitrogens with one attached hydrogen (secondary N) is 1. The van der Waals surface area contributed by atoms with Gasteiger partial charge in [0.1, 0.15) is 11.5 Å². The number of benzene rings is 2. The molecular formula is C19H20ClNO5. The summed E-state index contributed by atoms with van der Waals surface area (Å²) in [4.78, 5) is 23.4. The molecule has 0 bridgehead atoms. The van der Waals surface area contributed by atoms with Crippen molar-refractivity contribution < 1.29 is 24.2 Å². The molecule has 0 spiro atoms. The summed E-state index contributed by atoms with van der Waals surface area (Å²) in [6.45, 7) is 3.24. The number of ether oxygens (including phenoxy) is 2. The first kappa shape index (κ1) is 19.6. The van der Waals surface area contributed by atoms with Crippen LogP contribution in [-0.2, 0) is 11.3 Å². The molecule has 0 heterocycles. The highest BCUT2D eigenvalue weighted by atomic mass is 35.5. The van der Waals surface area contributed by atoms with E-state index in [4.69, 9.17) is 26.2 Å². The molecule has 2 aromatic rings. The van der Waals surface area contributed by atoms with E-state index < -0.39 is 11.6 Å². The highest BCUT2D eigenvalue weighted by Crippen LogP contribution is 2.23. The van der Waals surface area contributed by atoms with Crippen LogP contribution < -0.4 is 14.8 Å². The van der Waals surface area contributed by atoms with Gasteiger partial charge in [-0.25, -0.2) is 4.79 Å². The molecular weight excluding hydrogens is 358 g/mol. The molecule has 0 fully saturated rings. The van der Waals surface area contributed by atoms with Crippen molar-refractivity contribution in [2.45, 2.75) is 26.0 Å². The standard InChI is InChI=1S/C19H20ClNO5/c1-19(2,18(23)24)26-14-7-4-12(5-8-14)11-21-17(22)15-10-13(20)6-9-16(15)25-3/h4-10H,11H2,1-3H3,(H,21,22)(H,23,24). The number of aliphatic carboxylic acids is 1. The Morgan fingerprint density at radius 2 is 1.81 bits per heavy atom. The molecule has 138 valence electrons. The van der Waals surface area contributed by atoms with Crippen LogP contribution in [0.25, 0.3) is 0 Å². The van der Waals surface area contributed by atoms with Gasteiger partial charge >= 0.3 is 5.97 Å². The fourth-order valence-corrected chi connectivity index (χ4v) is 2.32. The van der Waals surface area contributed by atoms with Gasteiger partial charge in [0.25, 0.3) is 5.91 Å². The minimum atomic E-state index is -1.32. The molecule has 0 aliphatic rings. The first-order valence-electron chi connectivity index (χ1n) is 7.86. The number of methoxy groups -OCH3 is 1. The summed E-state index contributed by atoms with van der Waals surface area (Å²) in [5, 5.41) is 12.3. The highest BCUT2D eigenvalue weighted by molar-refractivity contribution is 6.31. The topological polar surface area (TPSA) is 84.9 Å². The van der Waals surface area contributed by atoms with Crippen LogP contribution in [-0.4, -0.2) is 29.7 Å². The summed E-state index contributed by atoms with van der Waals surface area (Å²) < 4.78 is 10.6. The third-order valence-electron chi connectivity index (χ3n) is 3.67. The average Bonchev–Trinajstić information content (AvgIpc) is 2.60. The van der Waals surface area contributed by atoms with E-state index in [0.29, 0.717) is 22.1 Å². The number of carbonyl (C=O) groups is 2. The second-order valence-corrected chi connectivity index (χ2v) is 6.53. The van der Waals surface area contributed by atoms with Gasteiger partial charge in [0.05, 0.1) is 12.7 Å². The maximum Gasteiger partial charge on any atom is 0.347 e. The lowest BCUT2D eigenvalue weighted by Crippen LogP contribution is -2.37. The van der Waals surface area contributed by atoms with E-state index in [1.807, 2.05) is 0 Å². The summed E-state index contributed by atoms with van der Waals surface area (Å²) in [6.07, 6.45) is 0. The third kappa shape index (κ3) is 4.89. The predicted octanol–water partition coefficient (Wildman–Crippen LogP) is 3.52. The van der Waals surface area contributed by atoms with Gasteiger partial charge in [-0.15, -0.1) is 0 Å². The fourth-order valence-electron chi connectivity index (χ4n) is 2.15. The Hall–Kier alpha value is -2.73. The van der Waals surface area contributed by atoms with Gasteiger partial charge in [0.15, 0.2) is 5.60 Å². The van der Waals surface area contributed by atoms with E-state index >= 15 is 0 Å². The second-order valence-electron chi connectivity index (χ2n) is 6.09. The molecule has 2 rings (SSSR count). The van der Waals surface area contributed by atoms with Crippen LogP contribution in [0, 0.1) is 0 Å². The number of halogens is 1. The van der Waals surface area contributed by atoms with E-state index in [0.717, 1.165) is 5.56 Å². The van der Waals surface area contributed by atoms with Gasteiger partial charge in [-0.2, -0.15) is 0 Å². The lowest BCUT2D eigenvalue weighted by atomic mass is 10.1. The van der Waals surface area contributed by atoms with Gasteiger partial charge in [0, 0.05) is 11.6 Å². The number of hydrogen-bond acceptors (Lipinski definition) is 4. The minimum Gasteiger partial charge on any atom is -0.496 e. The van der Waals surface area contributed by atoms with E-state index in [2.05, 4.69) is 5.32 Å². The van der Waals surface area contributed by atoms with Crippen LogP contribution in [0.5, 0.6) is 11.5 Å². The third-order valence-corrected chi connectivity index (χ3v) is 3.91. The molecule has 0 aromatic heterocycles. The lowest BCUT2D eigenvalue weighted by Gasteiger charge is -2.21. The monoisotopic (exact) mass is 377 g/mol. The summed E-state index contributed by atoms with van der Waals surface area (Å²) >= 11 is 5.94. The Morgan fingerprint density at radius 1 is 1.15 bits per heavy atom. The van der Waals surface area contributed by atoms with Crippen molar-refractivity contribution in [1.29, 1.82) is 0 Å². The maximum absolute atomic E-state index is 12.3. The van der Waals surface area contributed by atoms with Crippen LogP contribution in [0.3, 0.4) is 0 Å². The smallest absolute Gasteiger partial charge is 0.347 e. The molecule has 0 atom stereocenters. The molecule has 6 nitrogen and oxygen atoms in total. The molecule has 1 amide bonds. The SMILES string of the molecule is COc1ccc(Cl)cc1C(=O)NCc1ccc(OC(C)(C)C(=O)O)cc1. The number of carboxylic acid groups (broad SMARTS) is 1. The maximum atomic E-state index is 12.3. The molecule has 0 radical (unpaired) electrons. The first-order chi connectivity index (χ1) is 12.2. The van der Waals surface area contributed by atoms with Gasteiger partial charge in [-0.1, -0.05) is 23.7 Å². The Kier molecular flexibility index (Phi) is 6.10. The molecule has 26 heavy (non-hydrogen) atoms. The molecule has 0 aliphatic heterocycles. The van der Waals surface area contributed by atoms with Crippen molar-refractivity contribution in [1.82, 2.24) is 5.32 Å². The number of rotatable bonds is 7. The zero-order valence-corrected chi connectivity index (χ0v) is 15.5. The highest BCUT2D eigenvalue weighted by Gasteiger charge is 2.29. The second kappa shape index (κ2) is 8.10. The molecule has 2 N–H and O–H groups in total. The van der Waals surface area contributed by atoms with Crippen molar-refractivity contribution in [2.75, 3.05) is 7.11 Å². The average molecular weight is 378 g/mol. The van der Waals surface area contributed by atoms with Crippen LogP contribution in [0.1, 0.15) is 29.8 Å². The van der Waals surface area contributed by atoms with Gasteiger partial charge < -0.3 is 19.9 Å². The number of carbonyl (C=O) groups excluding carboxylic acids is 1. The van der Waals surface area contributed by atoms with E-state index in [-0.39, 0.29) is 12.5 Å². The normalized spacial score (nSPS) is 10.9. The number of hydrogen-bond donors (Lipinski definition) is 2. The summed E-state index contributed by atoms with van der Waals surface area (Å²) in [7, 11) is 1.48. The van der Waals surface area contributed by atoms with Crippen LogP contribution in [0.4, 0.5) is 0 Å². The van der Waals surface area contributed by atoms with Gasteiger partial charge in [0.2, 0.25) is 0 Å².